The second kappa shape index (κ2) is 8.86. The monoisotopic (exact) mass is 506 g/mol. The van der Waals surface area contributed by atoms with E-state index in [1.807, 2.05) is 6.92 Å². The molecule has 190 valence electrons. The number of nitrogens with zero attached hydrogens (tertiary/aromatic N) is 3. The predicted molar refractivity (Wildman–Crippen MR) is 119 cm³/mol. The molecule has 2 N–H and O–H groups in total. The van der Waals surface area contributed by atoms with Gasteiger partial charge >= 0.3 is 6.36 Å². The van der Waals surface area contributed by atoms with Gasteiger partial charge in [-0.3, -0.25) is 4.79 Å². The highest BCUT2D eigenvalue weighted by Crippen LogP contribution is 2.38. The third-order valence-electron chi connectivity index (χ3n) is 6.40. The Morgan fingerprint density at radius 2 is 2.00 bits per heavy atom. The van der Waals surface area contributed by atoms with Crippen LogP contribution in [-0.2, 0) is 16.1 Å². The summed E-state index contributed by atoms with van der Waals surface area (Å²) in [5, 5.41) is 0.680. The van der Waals surface area contributed by atoms with E-state index >= 15 is 0 Å². The molecule has 1 saturated heterocycles. The first kappa shape index (κ1) is 24.2. The van der Waals surface area contributed by atoms with E-state index in [9.17, 15) is 22.4 Å². The van der Waals surface area contributed by atoms with Crippen LogP contribution in [0.15, 0.2) is 30.5 Å². The minimum atomic E-state index is -4.96. The van der Waals surface area contributed by atoms with Gasteiger partial charge in [0.15, 0.2) is 0 Å². The van der Waals surface area contributed by atoms with E-state index in [2.05, 4.69) is 14.7 Å². The van der Waals surface area contributed by atoms with E-state index in [0.717, 1.165) is 23.3 Å². The van der Waals surface area contributed by atoms with Crippen LogP contribution in [0.4, 0.5) is 23.4 Å². The number of carbonyl (C=O) groups is 1. The maximum Gasteiger partial charge on any atom is 0.573 e. The van der Waals surface area contributed by atoms with Crippen molar-refractivity contribution in [3.05, 3.63) is 58.7 Å². The summed E-state index contributed by atoms with van der Waals surface area (Å²) < 4.78 is 67.6. The molecular weight excluding hydrogens is 484 g/mol. The number of hydrogen-bond acceptors (Lipinski definition) is 7. The van der Waals surface area contributed by atoms with E-state index in [0.29, 0.717) is 29.4 Å². The highest BCUT2D eigenvalue weighted by Gasteiger charge is 2.37. The fourth-order valence-electron chi connectivity index (χ4n) is 4.79. The van der Waals surface area contributed by atoms with Crippen LogP contribution in [0.25, 0.3) is 10.9 Å². The maximum absolute atomic E-state index is 14.9. The third kappa shape index (κ3) is 4.30. The molecule has 2 aromatic heterocycles. The fraction of sp³-hybridized carbons (Fsp3) is 0.375. The summed E-state index contributed by atoms with van der Waals surface area (Å²) in [6.45, 7) is 4.07. The van der Waals surface area contributed by atoms with Crippen molar-refractivity contribution in [3.8, 4) is 5.75 Å². The Balaban J connectivity index is 1.51. The molecule has 0 saturated carbocycles. The molecule has 1 amide bonds. The number of nitrogen functional groups attached to an aromatic ring is 1. The standard InChI is InChI=1S/C24H22F4N4O4/c1-11-8-34-10-20(14-4-3-13(5-17(14)25)36-24(26,27)28)32(11)23(33)18-6-15-16-9-35-12(2)21(16)22(29)31-19(15)7-30-18/h3-7,11-12,20H,8-10H2,1-2H3,(H2,29,31)/t11-,12-,20-/m0/s1. The number of morpholine rings is 1. The first-order valence-corrected chi connectivity index (χ1v) is 11.2. The van der Waals surface area contributed by atoms with Crippen molar-refractivity contribution in [3.63, 3.8) is 0 Å². The Morgan fingerprint density at radius 1 is 1.22 bits per heavy atom. The Labute approximate surface area is 203 Å². The average Bonchev–Trinajstić information content (AvgIpc) is 3.20. The minimum Gasteiger partial charge on any atom is -0.406 e. The van der Waals surface area contributed by atoms with Crippen LogP contribution in [0, 0.1) is 5.82 Å². The van der Waals surface area contributed by atoms with Crippen LogP contribution in [0.5, 0.6) is 5.75 Å². The quantitative estimate of drug-likeness (QED) is 0.524. The van der Waals surface area contributed by atoms with Crippen LogP contribution in [0.2, 0.25) is 0 Å². The second-order valence-electron chi connectivity index (χ2n) is 8.78. The molecule has 12 heteroatoms. The van der Waals surface area contributed by atoms with E-state index < -0.39 is 35.9 Å². The zero-order valence-electron chi connectivity index (χ0n) is 19.3. The fourth-order valence-corrected chi connectivity index (χ4v) is 4.79. The van der Waals surface area contributed by atoms with Gasteiger partial charge in [-0.2, -0.15) is 0 Å². The lowest BCUT2D eigenvalue weighted by Crippen LogP contribution is -2.49. The molecule has 0 spiro atoms. The van der Waals surface area contributed by atoms with Crippen molar-refractivity contribution >= 4 is 22.6 Å². The molecule has 3 atom stereocenters. The number of aromatic nitrogens is 2. The topological polar surface area (TPSA) is 99.8 Å². The van der Waals surface area contributed by atoms with Crippen molar-refractivity contribution in [2.24, 2.45) is 0 Å². The van der Waals surface area contributed by atoms with Gasteiger partial charge in [0, 0.05) is 22.6 Å². The number of carbonyl (C=O) groups excluding carboxylic acids is 1. The molecule has 4 heterocycles. The third-order valence-corrected chi connectivity index (χ3v) is 6.40. The van der Waals surface area contributed by atoms with Gasteiger partial charge in [-0.25, -0.2) is 14.4 Å². The van der Waals surface area contributed by atoms with Crippen molar-refractivity contribution in [1.82, 2.24) is 14.9 Å². The zero-order valence-corrected chi connectivity index (χ0v) is 19.3. The number of pyridine rings is 2. The van der Waals surface area contributed by atoms with Crippen LogP contribution in [-0.4, -0.2) is 46.4 Å². The number of ether oxygens (including phenoxy) is 3. The van der Waals surface area contributed by atoms with Crippen molar-refractivity contribution in [1.29, 1.82) is 0 Å². The molecule has 8 nitrogen and oxygen atoms in total. The average molecular weight is 506 g/mol. The number of rotatable bonds is 3. The number of amides is 1. The number of fused-ring (bicyclic) bond motifs is 3. The van der Waals surface area contributed by atoms with Crippen molar-refractivity contribution in [2.75, 3.05) is 18.9 Å². The second-order valence-corrected chi connectivity index (χ2v) is 8.78. The van der Waals surface area contributed by atoms with Gasteiger partial charge < -0.3 is 24.8 Å². The molecule has 1 fully saturated rings. The van der Waals surface area contributed by atoms with E-state index in [1.165, 1.54) is 11.1 Å². The lowest BCUT2D eigenvalue weighted by atomic mass is 10.00. The first-order valence-electron chi connectivity index (χ1n) is 11.2. The Morgan fingerprint density at radius 3 is 2.72 bits per heavy atom. The number of nitrogens with two attached hydrogens (primary N) is 1. The molecule has 5 rings (SSSR count). The lowest BCUT2D eigenvalue weighted by molar-refractivity contribution is -0.274. The summed E-state index contributed by atoms with van der Waals surface area (Å²) >= 11 is 0. The van der Waals surface area contributed by atoms with Gasteiger partial charge in [-0.1, -0.05) is 6.07 Å². The maximum atomic E-state index is 14.9. The number of benzene rings is 1. The molecule has 36 heavy (non-hydrogen) atoms. The van der Waals surface area contributed by atoms with Crippen LogP contribution in [0.1, 0.15) is 53.2 Å². The van der Waals surface area contributed by atoms with E-state index in [1.54, 1.807) is 13.0 Å². The predicted octanol–water partition coefficient (Wildman–Crippen LogP) is 4.44. The van der Waals surface area contributed by atoms with Gasteiger partial charge in [0.25, 0.3) is 5.91 Å². The summed E-state index contributed by atoms with van der Waals surface area (Å²) in [5.74, 6) is -1.78. The molecule has 0 unspecified atom stereocenters. The summed E-state index contributed by atoms with van der Waals surface area (Å²) in [6, 6.07) is 3.06. The molecule has 2 aliphatic rings. The van der Waals surface area contributed by atoms with Gasteiger partial charge in [0.1, 0.15) is 23.1 Å². The minimum absolute atomic E-state index is 0.00257. The summed E-state index contributed by atoms with van der Waals surface area (Å²) in [6.07, 6.45) is -3.74. The van der Waals surface area contributed by atoms with Gasteiger partial charge in [0.05, 0.1) is 49.7 Å². The van der Waals surface area contributed by atoms with Crippen LogP contribution >= 0.6 is 0 Å². The van der Waals surface area contributed by atoms with Gasteiger partial charge in [-0.15, -0.1) is 13.2 Å². The first-order chi connectivity index (χ1) is 17.0. The molecule has 0 aliphatic carbocycles. The van der Waals surface area contributed by atoms with Crippen molar-refractivity contribution < 1.29 is 36.6 Å². The molecular formula is C24H22F4N4O4. The normalized spacial score (nSPS) is 22.1. The van der Waals surface area contributed by atoms with Crippen molar-refractivity contribution in [2.45, 2.75) is 45.0 Å². The summed E-state index contributed by atoms with van der Waals surface area (Å²) in [5.41, 5.74) is 8.31. The Bertz CT molecular complexity index is 1350. The number of halogens is 4. The molecule has 0 bridgehead atoms. The van der Waals surface area contributed by atoms with E-state index in [4.69, 9.17) is 15.2 Å². The molecule has 1 aromatic carbocycles. The number of anilines is 1. The molecule has 3 aromatic rings. The lowest BCUT2D eigenvalue weighted by Gasteiger charge is -2.40. The molecule has 2 aliphatic heterocycles. The van der Waals surface area contributed by atoms with Gasteiger partial charge in [0.2, 0.25) is 0 Å². The number of hydrogen-bond donors (Lipinski definition) is 1. The van der Waals surface area contributed by atoms with Crippen LogP contribution < -0.4 is 10.5 Å². The Kier molecular flexibility index (Phi) is 5.95. The van der Waals surface area contributed by atoms with Gasteiger partial charge in [-0.05, 0) is 31.5 Å². The SMILES string of the molecule is C[C@@H]1OCc2c1c(N)nc1cnc(C(=O)N3[C@@H](C)COC[C@H]3c3ccc(OC(F)(F)F)cc3F)cc21. The van der Waals surface area contributed by atoms with Crippen LogP contribution in [0.3, 0.4) is 0 Å². The number of alkyl halides is 3. The molecule has 0 radical (unpaired) electrons. The van der Waals surface area contributed by atoms with E-state index in [-0.39, 0.29) is 30.6 Å². The highest BCUT2D eigenvalue weighted by atomic mass is 19.4. The summed E-state index contributed by atoms with van der Waals surface area (Å²) in [4.78, 5) is 23.8. The highest BCUT2D eigenvalue weighted by molar-refractivity contribution is 5.97. The summed E-state index contributed by atoms with van der Waals surface area (Å²) in [7, 11) is 0. The largest absolute Gasteiger partial charge is 0.573 e. The Hall–Kier alpha value is -3.51. The smallest absolute Gasteiger partial charge is 0.406 e. The zero-order chi connectivity index (χ0) is 25.8.